The number of urea groups is 1. The van der Waals surface area contributed by atoms with Crippen molar-refractivity contribution in [3.63, 3.8) is 0 Å². The summed E-state index contributed by atoms with van der Waals surface area (Å²) in [5.74, 6) is -0.947. The predicted octanol–water partition coefficient (Wildman–Crippen LogP) is 3.84. The molecular weight excluding hydrogens is 331 g/mol. The van der Waals surface area contributed by atoms with Crippen LogP contribution in [0, 0.1) is 5.82 Å². The largest absolute Gasteiger partial charge is 0.325 e. The molecule has 6 heteroatoms. The summed E-state index contributed by atoms with van der Waals surface area (Å²) in [5, 5.41) is 2.95. The Balaban J connectivity index is 1.97. The third-order valence-electron chi connectivity index (χ3n) is 4.35. The van der Waals surface area contributed by atoms with Gasteiger partial charge in [-0.25, -0.2) is 9.18 Å². The van der Waals surface area contributed by atoms with Crippen LogP contribution in [0.2, 0.25) is 5.02 Å². The van der Waals surface area contributed by atoms with Crippen LogP contribution in [-0.4, -0.2) is 16.8 Å². The molecule has 1 aliphatic heterocycles. The van der Waals surface area contributed by atoms with Crippen molar-refractivity contribution in [2.75, 3.05) is 0 Å². The molecule has 2 aromatic rings. The van der Waals surface area contributed by atoms with Gasteiger partial charge in [0, 0.05) is 10.6 Å². The number of imide groups is 1. The van der Waals surface area contributed by atoms with E-state index in [2.05, 4.69) is 5.32 Å². The van der Waals surface area contributed by atoms with Gasteiger partial charge in [-0.05, 0) is 24.1 Å². The molecule has 3 rings (SSSR count). The number of amides is 3. The number of halogens is 2. The number of benzene rings is 2. The molecule has 4 nitrogen and oxygen atoms in total. The highest BCUT2D eigenvalue weighted by atomic mass is 35.5. The molecule has 1 atom stereocenters. The summed E-state index contributed by atoms with van der Waals surface area (Å²) in [7, 11) is 0. The lowest BCUT2D eigenvalue weighted by Crippen LogP contribution is -2.43. The minimum atomic E-state index is -1.13. The lowest BCUT2D eigenvalue weighted by atomic mass is 9.87. The van der Waals surface area contributed by atoms with Crippen LogP contribution in [0.5, 0.6) is 0 Å². The van der Waals surface area contributed by atoms with Crippen molar-refractivity contribution >= 4 is 23.5 Å². The van der Waals surface area contributed by atoms with Crippen LogP contribution in [0.25, 0.3) is 0 Å². The van der Waals surface area contributed by atoms with Crippen LogP contribution in [0.15, 0.2) is 48.5 Å². The van der Waals surface area contributed by atoms with Gasteiger partial charge in [-0.15, -0.1) is 0 Å². The maximum absolute atomic E-state index is 14.0. The summed E-state index contributed by atoms with van der Waals surface area (Å²) in [6.45, 7) is 1.62. The van der Waals surface area contributed by atoms with Crippen LogP contribution < -0.4 is 5.32 Å². The topological polar surface area (TPSA) is 49.4 Å². The lowest BCUT2D eigenvalue weighted by molar-refractivity contribution is -0.132. The average molecular weight is 347 g/mol. The van der Waals surface area contributed by atoms with Crippen molar-refractivity contribution in [3.8, 4) is 0 Å². The van der Waals surface area contributed by atoms with E-state index in [0.29, 0.717) is 12.0 Å². The molecule has 0 radical (unpaired) electrons. The zero-order valence-corrected chi connectivity index (χ0v) is 13.8. The van der Waals surface area contributed by atoms with E-state index in [9.17, 15) is 14.0 Å². The zero-order chi connectivity index (χ0) is 17.3. The maximum atomic E-state index is 14.0. The highest BCUT2D eigenvalue weighted by molar-refractivity contribution is 6.31. The lowest BCUT2D eigenvalue weighted by Gasteiger charge is -2.25. The minimum Gasteiger partial charge on any atom is -0.319 e. The zero-order valence-electron chi connectivity index (χ0n) is 13.1. The number of hydrogen-bond donors (Lipinski definition) is 1. The van der Waals surface area contributed by atoms with Crippen molar-refractivity contribution < 1.29 is 14.0 Å². The van der Waals surface area contributed by atoms with Gasteiger partial charge >= 0.3 is 6.03 Å². The van der Waals surface area contributed by atoms with E-state index < -0.39 is 23.3 Å². The number of rotatable bonds is 4. The van der Waals surface area contributed by atoms with E-state index in [-0.39, 0.29) is 17.1 Å². The first-order valence-electron chi connectivity index (χ1n) is 7.62. The van der Waals surface area contributed by atoms with Crippen LogP contribution in [-0.2, 0) is 16.9 Å². The van der Waals surface area contributed by atoms with E-state index in [1.54, 1.807) is 12.1 Å². The Morgan fingerprint density at radius 2 is 1.83 bits per heavy atom. The third-order valence-corrected chi connectivity index (χ3v) is 4.70. The van der Waals surface area contributed by atoms with Crippen molar-refractivity contribution in [1.82, 2.24) is 10.2 Å². The van der Waals surface area contributed by atoms with Gasteiger partial charge in [0.15, 0.2) is 0 Å². The quantitative estimate of drug-likeness (QED) is 0.855. The Hall–Kier alpha value is -2.40. The normalized spacial score (nSPS) is 20.4. The third kappa shape index (κ3) is 2.55. The van der Waals surface area contributed by atoms with Gasteiger partial charge < -0.3 is 5.32 Å². The molecule has 2 aromatic carbocycles. The van der Waals surface area contributed by atoms with E-state index in [1.807, 2.05) is 25.1 Å². The maximum Gasteiger partial charge on any atom is 0.325 e. The Kier molecular flexibility index (Phi) is 4.28. The van der Waals surface area contributed by atoms with Crippen LogP contribution in [0.3, 0.4) is 0 Å². The molecule has 0 bridgehead atoms. The molecule has 1 heterocycles. The first kappa shape index (κ1) is 16.5. The summed E-state index contributed by atoms with van der Waals surface area (Å²) in [4.78, 5) is 26.4. The number of carbonyl (C=O) groups excluding carboxylic acids is 2. The van der Waals surface area contributed by atoms with Crippen molar-refractivity contribution in [3.05, 3.63) is 70.5 Å². The predicted molar refractivity (Wildman–Crippen MR) is 88.9 cm³/mol. The first-order valence-corrected chi connectivity index (χ1v) is 8.00. The van der Waals surface area contributed by atoms with Crippen molar-refractivity contribution in [2.45, 2.75) is 25.4 Å². The molecule has 0 saturated carbocycles. The number of nitrogens with one attached hydrogen (secondary N) is 1. The molecule has 1 aliphatic rings. The Morgan fingerprint density at radius 1 is 1.12 bits per heavy atom. The van der Waals surface area contributed by atoms with Crippen LogP contribution in [0.4, 0.5) is 9.18 Å². The van der Waals surface area contributed by atoms with Crippen LogP contribution in [0.1, 0.15) is 24.5 Å². The van der Waals surface area contributed by atoms with Gasteiger partial charge in [0.2, 0.25) is 0 Å². The molecule has 1 N–H and O–H groups in total. The molecule has 24 heavy (non-hydrogen) atoms. The van der Waals surface area contributed by atoms with Gasteiger partial charge in [0.25, 0.3) is 5.91 Å². The standard InChI is InChI=1S/C18H16ClFN2O2/c1-2-18(12-7-4-3-5-8-12)16(23)22(17(24)21-18)11-13-14(19)9-6-10-15(13)20/h3-10H,2,11H2,1H3,(H,21,24). The minimum absolute atomic E-state index is 0.127. The fourth-order valence-electron chi connectivity index (χ4n) is 2.97. The van der Waals surface area contributed by atoms with Crippen molar-refractivity contribution in [1.29, 1.82) is 0 Å². The monoisotopic (exact) mass is 346 g/mol. The fraction of sp³-hybridized carbons (Fsp3) is 0.222. The molecule has 0 aliphatic carbocycles. The number of hydrogen-bond acceptors (Lipinski definition) is 2. The molecule has 124 valence electrons. The second kappa shape index (κ2) is 6.24. The average Bonchev–Trinajstić information content (AvgIpc) is 2.83. The number of nitrogens with zero attached hydrogens (tertiary/aromatic N) is 1. The van der Waals surface area contributed by atoms with Gasteiger partial charge in [-0.3, -0.25) is 9.69 Å². The summed E-state index contributed by atoms with van der Waals surface area (Å²) in [5.41, 5.74) is -0.300. The molecule has 1 saturated heterocycles. The molecule has 0 spiro atoms. The number of carbonyl (C=O) groups is 2. The highest BCUT2D eigenvalue weighted by Crippen LogP contribution is 2.34. The molecule has 1 fully saturated rings. The summed E-state index contributed by atoms with van der Waals surface area (Å²) in [6, 6.07) is 12.8. The molecule has 1 unspecified atom stereocenters. The molecule has 3 amide bonds. The van der Waals surface area contributed by atoms with Crippen molar-refractivity contribution in [2.24, 2.45) is 0 Å². The molecular formula is C18H16ClFN2O2. The van der Waals surface area contributed by atoms with Gasteiger partial charge in [0.05, 0.1) is 6.54 Å². The summed E-state index contributed by atoms with van der Waals surface area (Å²) >= 11 is 6.02. The van der Waals surface area contributed by atoms with Gasteiger partial charge in [0.1, 0.15) is 11.4 Å². The first-order chi connectivity index (χ1) is 11.5. The Labute approximate surface area is 144 Å². The van der Waals surface area contributed by atoms with Gasteiger partial charge in [-0.1, -0.05) is 54.9 Å². The summed E-state index contributed by atoms with van der Waals surface area (Å²) in [6.07, 6.45) is 0.392. The smallest absolute Gasteiger partial charge is 0.319 e. The van der Waals surface area contributed by atoms with Crippen LogP contribution >= 0.6 is 11.6 Å². The van der Waals surface area contributed by atoms with E-state index >= 15 is 0 Å². The van der Waals surface area contributed by atoms with E-state index in [4.69, 9.17) is 11.6 Å². The SMILES string of the molecule is CCC1(c2ccccc2)NC(=O)N(Cc2c(F)cccc2Cl)C1=O. The fourth-order valence-corrected chi connectivity index (χ4v) is 3.20. The van der Waals surface area contributed by atoms with Gasteiger partial charge in [-0.2, -0.15) is 0 Å². The van der Waals surface area contributed by atoms with E-state index in [1.165, 1.54) is 18.2 Å². The Morgan fingerprint density at radius 3 is 2.46 bits per heavy atom. The van der Waals surface area contributed by atoms with E-state index in [0.717, 1.165) is 4.90 Å². The highest BCUT2D eigenvalue weighted by Gasteiger charge is 2.51. The molecule has 0 aromatic heterocycles. The second-order valence-corrected chi connectivity index (χ2v) is 6.05. The summed E-state index contributed by atoms with van der Waals surface area (Å²) < 4.78 is 14.0. The second-order valence-electron chi connectivity index (χ2n) is 5.65. The Bertz CT molecular complexity index is 777.